The highest BCUT2D eigenvalue weighted by Crippen LogP contribution is 2.46. The van der Waals surface area contributed by atoms with E-state index in [0.717, 1.165) is 28.3 Å². The molecular weight excluding hydrogens is 454 g/mol. The Morgan fingerprint density at radius 2 is 1.77 bits per heavy atom. The fourth-order valence-corrected chi connectivity index (χ4v) is 5.36. The first-order chi connectivity index (χ1) is 16.9. The lowest BCUT2D eigenvalue weighted by molar-refractivity contribution is -0.112. The standard InChI is InChI=1S/C28H27N5OS/c1-28(2)23-13-7-8-14-24(23)32(3)25(28)16-22(34)19-35-27-31-30-26(21-12-9-15-29-17-21)33(27)18-20-10-5-4-6-11-20/h4-17H,18-19H2,1-3H3/b25-16-. The Kier molecular flexibility index (Phi) is 6.26. The molecule has 0 bridgehead atoms. The minimum absolute atomic E-state index is 0.0509. The van der Waals surface area contributed by atoms with Crippen molar-refractivity contribution in [1.82, 2.24) is 19.7 Å². The Balaban J connectivity index is 1.39. The van der Waals surface area contributed by atoms with Gasteiger partial charge >= 0.3 is 0 Å². The van der Waals surface area contributed by atoms with Crippen LogP contribution in [0.4, 0.5) is 5.69 Å². The smallest absolute Gasteiger partial charge is 0.192 e. The van der Waals surface area contributed by atoms with E-state index < -0.39 is 0 Å². The first-order valence-corrected chi connectivity index (χ1v) is 12.5. The van der Waals surface area contributed by atoms with Gasteiger partial charge < -0.3 is 4.90 Å². The van der Waals surface area contributed by atoms with E-state index >= 15 is 0 Å². The van der Waals surface area contributed by atoms with Crippen LogP contribution < -0.4 is 4.90 Å². The zero-order valence-electron chi connectivity index (χ0n) is 20.0. The van der Waals surface area contributed by atoms with Crippen LogP contribution in [0.15, 0.2) is 96.1 Å². The van der Waals surface area contributed by atoms with Gasteiger partial charge in [0, 0.05) is 47.9 Å². The number of likely N-dealkylation sites (N-methyl/N-ethyl adjacent to an activating group) is 1. The number of hydrogen-bond acceptors (Lipinski definition) is 6. The summed E-state index contributed by atoms with van der Waals surface area (Å²) in [6.07, 6.45) is 5.31. The van der Waals surface area contributed by atoms with E-state index in [1.54, 1.807) is 18.5 Å². The minimum Gasteiger partial charge on any atom is -0.347 e. The van der Waals surface area contributed by atoms with E-state index in [1.165, 1.54) is 17.3 Å². The number of pyridine rings is 1. The molecule has 0 radical (unpaired) electrons. The summed E-state index contributed by atoms with van der Waals surface area (Å²) in [6, 6.07) is 22.4. The molecule has 7 heteroatoms. The predicted octanol–water partition coefficient (Wildman–Crippen LogP) is 5.36. The zero-order valence-corrected chi connectivity index (χ0v) is 20.9. The van der Waals surface area contributed by atoms with Crippen LogP contribution in [0, 0.1) is 0 Å². The Morgan fingerprint density at radius 3 is 2.51 bits per heavy atom. The van der Waals surface area contributed by atoms with Crippen molar-refractivity contribution in [2.45, 2.75) is 31.0 Å². The first kappa shape index (κ1) is 23.1. The summed E-state index contributed by atoms with van der Waals surface area (Å²) in [7, 11) is 2.02. The Hall–Kier alpha value is -3.71. The molecule has 4 aromatic rings. The van der Waals surface area contributed by atoms with Crippen molar-refractivity contribution in [1.29, 1.82) is 0 Å². The molecule has 0 saturated carbocycles. The van der Waals surface area contributed by atoms with Gasteiger partial charge in [0.05, 0.1) is 12.3 Å². The zero-order chi connectivity index (χ0) is 24.4. The van der Waals surface area contributed by atoms with E-state index in [2.05, 4.69) is 68.8 Å². The summed E-state index contributed by atoms with van der Waals surface area (Å²) in [5, 5.41) is 9.59. The second kappa shape index (κ2) is 9.50. The van der Waals surface area contributed by atoms with Crippen molar-refractivity contribution >= 4 is 23.2 Å². The molecule has 176 valence electrons. The maximum Gasteiger partial charge on any atom is 0.192 e. The van der Waals surface area contributed by atoms with Gasteiger partial charge in [-0.25, -0.2) is 0 Å². The van der Waals surface area contributed by atoms with Crippen LogP contribution in [0.25, 0.3) is 11.4 Å². The van der Waals surface area contributed by atoms with E-state index in [0.29, 0.717) is 11.7 Å². The predicted molar refractivity (Wildman–Crippen MR) is 140 cm³/mol. The van der Waals surface area contributed by atoms with Gasteiger partial charge in [-0.1, -0.05) is 74.1 Å². The molecule has 0 fully saturated rings. The number of ketones is 1. The molecule has 2 aromatic carbocycles. The van der Waals surface area contributed by atoms with Gasteiger partial charge in [0.25, 0.3) is 0 Å². The molecule has 0 amide bonds. The van der Waals surface area contributed by atoms with Gasteiger partial charge in [0.15, 0.2) is 16.8 Å². The van der Waals surface area contributed by atoms with Crippen LogP contribution in [0.5, 0.6) is 0 Å². The highest BCUT2D eigenvalue weighted by atomic mass is 32.2. The number of allylic oxidation sites excluding steroid dienone is 2. The third-order valence-corrected chi connectivity index (χ3v) is 7.39. The highest BCUT2D eigenvalue weighted by molar-refractivity contribution is 7.99. The average Bonchev–Trinajstić information content (AvgIpc) is 3.36. The van der Waals surface area contributed by atoms with Crippen LogP contribution in [0.1, 0.15) is 25.0 Å². The molecule has 0 unspecified atom stereocenters. The lowest BCUT2D eigenvalue weighted by Crippen LogP contribution is -2.24. The quantitative estimate of drug-likeness (QED) is 0.262. The number of aromatic nitrogens is 4. The van der Waals surface area contributed by atoms with Gasteiger partial charge in [0.2, 0.25) is 0 Å². The molecule has 2 aromatic heterocycles. The summed E-state index contributed by atoms with van der Waals surface area (Å²) in [5.74, 6) is 1.07. The molecule has 0 N–H and O–H groups in total. The normalized spacial score (nSPS) is 15.4. The molecule has 0 spiro atoms. The van der Waals surface area contributed by atoms with Gasteiger partial charge in [-0.05, 0) is 29.3 Å². The summed E-state index contributed by atoms with van der Waals surface area (Å²) < 4.78 is 2.05. The Labute approximate surface area is 209 Å². The number of hydrogen-bond donors (Lipinski definition) is 0. The topological polar surface area (TPSA) is 63.9 Å². The maximum absolute atomic E-state index is 13.1. The van der Waals surface area contributed by atoms with Crippen LogP contribution in [0.3, 0.4) is 0 Å². The number of fused-ring (bicyclic) bond motifs is 1. The van der Waals surface area contributed by atoms with Crippen LogP contribution >= 0.6 is 11.8 Å². The Bertz CT molecular complexity index is 1380. The number of para-hydroxylation sites is 1. The van der Waals surface area contributed by atoms with Crippen LogP contribution in [-0.4, -0.2) is 38.3 Å². The summed E-state index contributed by atoms with van der Waals surface area (Å²) in [4.78, 5) is 19.5. The lowest BCUT2D eigenvalue weighted by Gasteiger charge is -2.23. The monoisotopic (exact) mass is 481 g/mol. The number of benzene rings is 2. The maximum atomic E-state index is 13.1. The summed E-state index contributed by atoms with van der Waals surface area (Å²) in [6.45, 7) is 4.94. The van der Waals surface area contributed by atoms with E-state index in [4.69, 9.17) is 0 Å². The molecular formula is C28H27N5OS. The van der Waals surface area contributed by atoms with Gasteiger partial charge in [-0.3, -0.25) is 14.3 Å². The van der Waals surface area contributed by atoms with Crippen molar-refractivity contribution < 1.29 is 4.79 Å². The molecule has 1 aliphatic rings. The fraction of sp³-hybridized carbons (Fsp3) is 0.214. The second-order valence-corrected chi connectivity index (χ2v) is 10.0. The van der Waals surface area contributed by atoms with E-state index in [9.17, 15) is 4.79 Å². The number of carbonyl (C=O) groups is 1. The third-order valence-electron chi connectivity index (χ3n) is 6.40. The molecule has 0 aliphatic carbocycles. The lowest BCUT2D eigenvalue weighted by atomic mass is 9.83. The third kappa shape index (κ3) is 4.51. The second-order valence-electron chi connectivity index (χ2n) is 9.11. The number of carbonyl (C=O) groups excluding carboxylic acids is 1. The van der Waals surface area contributed by atoms with Crippen molar-refractivity contribution in [3.63, 3.8) is 0 Å². The largest absolute Gasteiger partial charge is 0.347 e. The molecule has 0 atom stereocenters. The minimum atomic E-state index is -0.230. The van der Waals surface area contributed by atoms with Crippen molar-refractivity contribution in [2.24, 2.45) is 0 Å². The fourth-order valence-electron chi connectivity index (χ4n) is 4.60. The van der Waals surface area contributed by atoms with Gasteiger partial charge in [-0.2, -0.15) is 0 Å². The SMILES string of the molecule is CN1/C(=C\C(=O)CSc2nnc(-c3cccnc3)n2Cc2ccccc2)C(C)(C)c2ccccc21. The van der Waals surface area contributed by atoms with Crippen LogP contribution in [-0.2, 0) is 16.8 Å². The van der Waals surface area contributed by atoms with Gasteiger partial charge in [0.1, 0.15) is 0 Å². The number of nitrogens with zero attached hydrogens (tertiary/aromatic N) is 5. The Morgan fingerprint density at radius 1 is 1.00 bits per heavy atom. The molecule has 3 heterocycles. The number of thioether (sulfide) groups is 1. The molecule has 6 nitrogen and oxygen atoms in total. The van der Waals surface area contributed by atoms with Crippen molar-refractivity contribution in [3.8, 4) is 11.4 Å². The average molecular weight is 482 g/mol. The number of rotatable bonds is 7. The number of anilines is 1. The first-order valence-electron chi connectivity index (χ1n) is 11.5. The van der Waals surface area contributed by atoms with E-state index in [-0.39, 0.29) is 17.0 Å². The molecule has 1 aliphatic heterocycles. The van der Waals surface area contributed by atoms with Crippen molar-refractivity contribution in [2.75, 3.05) is 17.7 Å². The van der Waals surface area contributed by atoms with E-state index in [1.807, 2.05) is 43.4 Å². The molecule has 5 rings (SSSR count). The van der Waals surface area contributed by atoms with Crippen LogP contribution in [0.2, 0.25) is 0 Å². The summed E-state index contributed by atoms with van der Waals surface area (Å²) in [5.41, 5.74) is 5.19. The van der Waals surface area contributed by atoms with Crippen molar-refractivity contribution in [3.05, 3.63) is 102 Å². The molecule has 0 saturated heterocycles. The van der Waals surface area contributed by atoms with Gasteiger partial charge in [-0.15, -0.1) is 10.2 Å². The highest BCUT2D eigenvalue weighted by Gasteiger charge is 2.38. The summed E-state index contributed by atoms with van der Waals surface area (Å²) >= 11 is 1.41. The molecule has 35 heavy (non-hydrogen) atoms.